The van der Waals surface area contributed by atoms with E-state index in [9.17, 15) is 0 Å². The molecule has 0 saturated carbocycles. The van der Waals surface area contributed by atoms with E-state index in [0.29, 0.717) is 4.77 Å². The fraction of sp³-hybridized carbons (Fsp3) is 0.150. The van der Waals surface area contributed by atoms with E-state index in [-0.39, 0.29) is 0 Å². The molecule has 0 amide bonds. The number of rotatable bonds is 5. The van der Waals surface area contributed by atoms with Crippen molar-refractivity contribution in [3.63, 3.8) is 0 Å². The molecule has 0 spiro atoms. The SMILES string of the molecule is CCc1n[nH]c(=S)n1/N=C\c1cn(Cc2ccc(Br)cc2)c2ccccc12. The van der Waals surface area contributed by atoms with Gasteiger partial charge in [0.25, 0.3) is 0 Å². The molecule has 27 heavy (non-hydrogen) atoms. The fourth-order valence-corrected chi connectivity index (χ4v) is 3.55. The zero-order valence-corrected chi connectivity index (χ0v) is 17.2. The molecule has 1 N–H and O–H groups in total. The second kappa shape index (κ2) is 7.62. The van der Waals surface area contributed by atoms with E-state index in [1.165, 1.54) is 11.1 Å². The molecule has 0 saturated heterocycles. The van der Waals surface area contributed by atoms with Crippen molar-refractivity contribution in [2.75, 3.05) is 0 Å². The third-order valence-corrected chi connectivity index (χ3v) is 5.22. The van der Waals surface area contributed by atoms with Crippen molar-refractivity contribution >= 4 is 45.3 Å². The van der Waals surface area contributed by atoms with Crippen LogP contribution in [0.2, 0.25) is 0 Å². The highest BCUT2D eigenvalue weighted by Gasteiger charge is 2.08. The van der Waals surface area contributed by atoms with Gasteiger partial charge >= 0.3 is 0 Å². The maximum absolute atomic E-state index is 5.27. The highest BCUT2D eigenvalue weighted by molar-refractivity contribution is 9.10. The third-order valence-electron chi connectivity index (χ3n) is 4.43. The molecular formula is C20H18BrN5S. The Hall–Kier alpha value is -2.51. The van der Waals surface area contributed by atoms with Crippen LogP contribution in [0.5, 0.6) is 0 Å². The predicted octanol–water partition coefficient (Wildman–Crippen LogP) is 5.15. The van der Waals surface area contributed by atoms with Crippen molar-refractivity contribution in [3.8, 4) is 0 Å². The Bertz CT molecular complexity index is 1170. The highest BCUT2D eigenvalue weighted by atomic mass is 79.9. The summed E-state index contributed by atoms with van der Waals surface area (Å²) in [6.07, 6.45) is 4.74. The van der Waals surface area contributed by atoms with Crippen molar-refractivity contribution in [1.82, 2.24) is 19.4 Å². The summed E-state index contributed by atoms with van der Waals surface area (Å²) in [5.41, 5.74) is 3.47. The number of H-pyrrole nitrogens is 1. The summed E-state index contributed by atoms with van der Waals surface area (Å²) in [7, 11) is 0. The first kappa shape index (κ1) is 17.9. The van der Waals surface area contributed by atoms with E-state index in [2.05, 4.69) is 84.5 Å². The Morgan fingerprint density at radius 3 is 2.74 bits per heavy atom. The summed E-state index contributed by atoms with van der Waals surface area (Å²) in [5, 5.41) is 12.7. The number of fused-ring (bicyclic) bond motifs is 1. The van der Waals surface area contributed by atoms with Gasteiger partial charge in [-0.15, -0.1) is 0 Å². The number of nitrogens with zero attached hydrogens (tertiary/aromatic N) is 4. The second-order valence-corrected chi connectivity index (χ2v) is 7.51. The maximum Gasteiger partial charge on any atom is 0.216 e. The minimum Gasteiger partial charge on any atom is -0.342 e. The monoisotopic (exact) mass is 439 g/mol. The lowest BCUT2D eigenvalue weighted by molar-refractivity contribution is 0.780. The topological polar surface area (TPSA) is 50.9 Å². The molecular weight excluding hydrogens is 422 g/mol. The number of halogens is 1. The third kappa shape index (κ3) is 3.65. The standard InChI is InChI=1S/C20H18BrN5S/c1-2-19-23-24-20(27)26(19)22-11-15-13-25(18-6-4-3-5-17(15)18)12-14-7-9-16(21)10-8-14/h3-11,13H,2,12H2,1H3,(H,24,27)/b22-11-. The first-order valence-electron chi connectivity index (χ1n) is 8.68. The molecule has 0 bridgehead atoms. The van der Waals surface area contributed by atoms with E-state index < -0.39 is 0 Å². The Morgan fingerprint density at radius 2 is 1.96 bits per heavy atom. The van der Waals surface area contributed by atoms with Crippen LogP contribution in [0, 0.1) is 4.77 Å². The van der Waals surface area contributed by atoms with Crippen LogP contribution in [0.4, 0.5) is 0 Å². The zero-order valence-electron chi connectivity index (χ0n) is 14.8. The van der Waals surface area contributed by atoms with E-state index in [0.717, 1.165) is 34.2 Å². The van der Waals surface area contributed by atoms with Gasteiger partial charge in [0.1, 0.15) is 0 Å². The van der Waals surface area contributed by atoms with Crippen LogP contribution in [0.15, 0.2) is 64.3 Å². The molecule has 2 heterocycles. The van der Waals surface area contributed by atoms with Gasteiger partial charge in [0, 0.05) is 40.1 Å². The normalized spacial score (nSPS) is 11.6. The van der Waals surface area contributed by atoms with Crippen molar-refractivity contribution in [3.05, 3.63) is 80.9 Å². The molecule has 7 heteroatoms. The first-order chi connectivity index (χ1) is 13.2. The van der Waals surface area contributed by atoms with Gasteiger partial charge in [0.05, 0.1) is 6.21 Å². The molecule has 136 valence electrons. The lowest BCUT2D eigenvalue weighted by atomic mass is 10.2. The number of nitrogens with one attached hydrogen (secondary N) is 1. The number of para-hydroxylation sites is 1. The molecule has 5 nitrogen and oxygen atoms in total. The van der Waals surface area contributed by atoms with Crippen LogP contribution in [0.25, 0.3) is 10.9 Å². The molecule has 0 unspecified atom stereocenters. The van der Waals surface area contributed by atoms with Crippen molar-refractivity contribution in [1.29, 1.82) is 0 Å². The van der Waals surface area contributed by atoms with E-state index >= 15 is 0 Å². The van der Waals surface area contributed by atoms with Crippen molar-refractivity contribution in [2.45, 2.75) is 19.9 Å². The number of hydrogen-bond donors (Lipinski definition) is 1. The van der Waals surface area contributed by atoms with Gasteiger partial charge in [-0.2, -0.15) is 14.9 Å². The molecule has 0 atom stereocenters. The van der Waals surface area contributed by atoms with Crippen LogP contribution in [0.3, 0.4) is 0 Å². The summed E-state index contributed by atoms with van der Waals surface area (Å²) in [4.78, 5) is 0. The highest BCUT2D eigenvalue weighted by Crippen LogP contribution is 2.22. The minimum absolute atomic E-state index is 0.502. The predicted molar refractivity (Wildman–Crippen MR) is 115 cm³/mol. The number of aryl methyl sites for hydroxylation is 1. The van der Waals surface area contributed by atoms with Gasteiger partial charge in [-0.05, 0) is 36.0 Å². The Kier molecular flexibility index (Phi) is 5.05. The Labute approximate surface area is 170 Å². The summed E-state index contributed by atoms with van der Waals surface area (Å²) < 4.78 is 5.51. The molecule has 4 rings (SSSR count). The second-order valence-electron chi connectivity index (χ2n) is 6.21. The Morgan fingerprint density at radius 1 is 1.19 bits per heavy atom. The van der Waals surface area contributed by atoms with E-state index in [1.54, 1.807) is 4.68 Å². The van der Waals surface area contributed by atoms with Crippen LogP contribution in [-0.4, -0.2) is 25.7 Å². The molecule has 2 aromatic heterocycles. The van der Waals surface area contributed by atoms with Gasteiger partial charge < -0.3 is 4.57 Å². The van der Waals surface area contributed by atoms with Crippen LogP contribution in [0.1, 0.15) is 23.9 Å². The smallest absolute Gasteiger partial charge is 0.216 e. The van der Waals surface area contributed by atoms with Gasteiger partial charge in [0.2, 0.25) is 4.77 Å². The molecule has 0 radical (unpaired) electrons. The zero-order chi connectivity index (χ0) is 18.8. The van der Waals surface area contributed by atoms with Gasteiger partial charge in [-0.3, -0.25) is 5.10 Å². The maximum atomic E-state index is 5.27. The number of aromatic amines is 1. The molecule has 0 fully saturated rings. The lowest BCUT2D eigenvalue weighted by Gasteiger charge is -2.05. The number of hydrogen-bond acceptors (Lipinski definition) is 3. The van der Waals surface area contributed by atoms with Crippen molar-refractivity contribution < 1.29 is 0 Å². The molecule has 4 aromatic rings. The van der Waals surface area contributed by atoms with Gasteiger partial charge in [0.15, 0.2) is 5.82 Å². The minimum atomic E-state index is 0.502. The number of benzene rings is 2. The van der Waals surface area contributed by atoms with E-state index in [1.807, 2.05) is 19.2 Å². The summed E-state index contributed by atoms with van der Waals surface area (Å²) in [6.45, 7) is 2.83. The lowest BCUT2D eigenvalue weighted by Crippen LogP contribution is -1.98. The van der Waals surface area contributed by atoms with Crippen LogP contribution in [-0.2, 0) is 13.0 Å². The van der Waals surface area contributed by atoms with Gasteiger partial charge in [-0.25, -0.2) is 0 Å². The molecule has 0 aliphatic heterocycles. The fourth-order valence-electron chi connectivity index (χ4n) is 3.09. The number of aromatic nitrogens is 4. The summed E-state index contributed by atoms with van der Waals surface area (Å²) in [6, 6.07) is 16.7. The van der Waals surface area contributed by atoms with Gasteiger partial charge in [-0.1, -0.05) is 53.2 Å². The van der Waals surface area contributed by atoms with Crippen molar-refractivity contribution in [2.24, 2.45) is 5.10 Å². The Balaban J connectivity index is 1.73. The molecule has 0 aliphatic rings. The average molecular weight is 440 g/mol. The summed E-state index contributed by atoms with van der Waals surface area (Å²) in [5.74, 6) is 0.815. The quantitative estimate of drug-likeness (QED) is 0.345. The molecule has 0 aliphatic carbocycles. The first-order valence-corrected chi connectivity index (χ1v) is 9.89. The van der Waals surface area contributed by atoms with Crippen LogP contribution < -0.4 is 0 Å². The molecule has 2 aromatic carbocycles. The average Bonchev–Trinajstić information content (AvgIpc) is 3.22. The van der Waals surface area contributed by atoms with Crippen LogP contribution >= 0.6 is 28.1 Å². The van der Waals surface area contributed by atoms with E-state index in [4.69, 9.17) is 12.2 Å². The summed E-state index contributed by atoms with van der Waals surface area (Å²) >= 11 is 8.76. The largest absolute Gasteiger partial charge is 0.342 e.